The summed E-state index contributed by atoms with van der Waals surface area (Å²) in [6, 6.07) is 4.49. The molecular weight excluding hydrogens is 278 g/mol. The minimum absolute atomic E-state index is 0.176. The molecule has 18 heavy (non-hydrogen) atoms. The summed E-state index contributed by atoms with van der Waals surface area (Å²) >= 11 is 5.76. The number of primary sulfonamides is 1. The molecule has 0 aliphatic carbocycles. The maximum absolute atomic E-state index is 11.7. The maximum Gasteiger partial charge on any atom is 0.251 e. The first kappa shape index (κ1) is 14.7. The molecule has 0 saturated heterocycles. The quantitative estimate of drug-likeness (QED) is 0.535. The van der Waals surface area contributed by atoms with Gasteiger partial charge in [0.2, 0.25) is 10.0 Å². The first-order chi connectivity index (χ1) is 8.28. The Labute approximate surface area is 110 Å². The Morgan fingerprint density at radius 2 is 2.00 bits per heavy atom. The van der Waals surface area contributed by atoms with E-state index in [1.807, 2.05) is 0 Å². The van der Waals surface area contributed by atoms with Gasteiger partial charge in [-0.1, -0.05) is 11.6 Å². The molecule has 0 aromatic heterocycles. The minimum Gasteiger partial charge on any atom is -0.399 e. The van der Waals surface area contributed by atoms with Gasteiger partial charge in [0, 0.05) is 22.8 Å². The van der Waals surface area contributed by atoms with Crippen LogP contribution in [-0.2, 0) is 10.0 Å². The van der Waals surface area contributed by atoms with Crippen LogP contribution >= 0.6 is 11.6 Å². The molecule has 8 heteroatoms. The normalized spacial score (nSPS) is 11.2. The van der Waals surface area contributed by atoms with Crippen molar-refractivity contribution in [2.75, 3.05) is 18.0 Å². The molecule has 0 radical (unpaired) electrons. The predicted octanol–water partition coefficient (Wildman–Crippen LogP) is 0.331. The van der Waals surface area contributed by atoms with Gasteiger partial charge in [0.25, 0.3) is 5.91 Å². The van der Waals surface area contributed by atoms with Crippen molar-refractivity contribution in [1.82, 2.24) is 5.32 Å². The number of rotatable bonds is 5. The number of sulfonamides is 1. The van der Waals surface area contributed by atoms with E-state index < -0.39 is 10.0 Å². The van der Waals surface area contributed by atoms with Gasteiger partial charge < -0.3 is 11.1 Å². The highest BCUT2D eigenvalue weighted by atomic mass is 35.5. The minimum atomic E-state index is -3.49. The second-order valence-electron chi connectivity index (χ2n) is 3.75. The summed E-state index contributed by atoms with van der Waals surface area (Å²) in [6.45, 7) is 0.210. The van der Waals surface area contributed by atoms with Crippen LogP contribution in [0.4, 0.5) is 5.69 Å². The van der Waals surface area contributed by atoms with Crippen LogP contribution in [0.3, 0.4) is 0 Å². The van der Waals surface area contributed by atoms with Gasteiger partial charge in [0.15, 0.2) is 0 Å². The van der Waals surface area contributed by atoms with Crippen LogP contribution in [0.2, 0.25) is 5.02 Å². The van der Waals surface area contributed by atoms with Gasteiger partial charge in [-0.2, -0.15) is 0 Å². The Hall–Kier alpha value is -1.31. The lowest BCUT2D eigenvalue weighted by Gasteiger charge is -2.06. The average molecular weight is 292 g/mol. The summed E-state index contributed by atoms with van der Waals surface area (Å²) in [5.41, 5.74) is 6.26. The van der Waals surface area contributed by atoms with E-state index in [-0.39, 0.29) is 24.6 Å². The number of nitrogen functional groups attached to an aromatic ring is 1. The van der Waals surface area contributed by atoms with Gasteiger partial charge in [0.05, 0.1) is 5.75 Å². The van der Waals surface area contributed by atoms with Crippen molar-refractivity contribution in [3.8, 4) is 0 Å². The van der Waals surface area contributed by atoms with E-state index in [2.05, 4.69) is 5.32 Å². The highest BCUT2D eigenvalue weighted by Gasteiger charge is 2.08. The second-order valence-corrected chi connectivity index (χ2v) is 5.92. The van der Waals surface area contributed by atoms with Gasteiger partial charge >= 0.3 is 0 Å². The Balaban J connectivity index is 2.51. The fourth-order valence-corrected chi connectivity index (χ4v) is 2.11. The summed E-state index contributed by atoms with van der Waals surface area (Å²) in [7, 11) is -3.49. The third-order valence-corrected chi connectivity index (χ3v) is 3.15. The number of halogens is 1. The van der Waals surface area contributed by atoms with E-state index in [9.17, 15) is 13.2 Å². The zero-order chi connectivity index (χ0) is 13.8. The summed E-state index contributed by atoms with van der Waals surface area (Å²) in [4.78, 5) is 11.7. The third-order valence-electron chi connectivity index (χ3n) is 2.07. The van der Waals surface area contributed by atoms with E-state index in [0.717, 1.165) is 0 Å². The lowest BCUT2D eigenvalue weighted by molar-refractivity contribution is 0.0953. The Bertz CT molecular complexity index is 525. The van der Waals surface area contributed by atoms with Crippen LogP contribution in [0.15, 0.2) is 18.2 Å². The number of carbonyl (C=O) groups excluding carboxylic acids is 1. The van der Waals surface area contributed by atoms with E-state index >= 15 is 0 Å². The Morgan fingerprint density at radius 3 is 2.56 bits per heavy atom. The smallest absolute Gasteiger partial charge is 0.251 e. The van der Waals surface area contributed by atoms with Crippen molar-refractivity contribution < 1.29 is 13.2 Å². The summed E-state index contributed by atoms with van der Waals surface area (Å²) in [5.74, 6) is -0.538. The molecule has 5 N–H and O–H groups in total. The number of hydrogen-bond acceptors (Lipinski definition) is 4. The maximum atomic E-state index is 11.7. The zero-order valence-electron chi connectivity index (χ0n) is 9.52. The van der Waals surface area contributed by atoms with Crippen LogP contribution in [-0.4, -0.2) is 26.6 Å². The molecule has 0 unspecified atom stereocenters. The van der Waals surface area contributed by atoms with Crippen molar-refractivity contribution in [2.24, 2.45) is 5.14 Å². The molecule has 1 rings (SSSR count). The molecule has 1 aromatic carbocycles. The van der Waals surface area contributed by atoms with E-state index in [4.69, 9.17) is 22.5 Å². The van der Waals surface area contributed by atoms with E-state index in [1.165, 1.54) is 18.2 Å². The van der Waals surface area contributed by atoms with Crippen molar-refractivity contribution in [3.05, 3.63) is 28.8 Å². The van der Waals surface area contributed by atoms with Gasteiger partial charge in [0.1, 0.15) is 0 Å². The van der Waals surface area contributed by atoms with Gasteiger partial charge in [-0.3, -0.25) is 4.79 Å². The average Bonchev–Trinajstić information content (AvgIpc) is 2.21. The monoisotopic (exact) mass is 291 g/mol. The van der Waals surface area contributed by atoms with Gasteiger partial charge in [-0.25, -0.2) is 13.6 Å². The number of anilines is 1. The largest absolute Gasteiger partial charge is 0.399 e. The number of hydrogen-bond donors (Lipinski definition) is 3. The third kappa shape index (κ3) is 5.35. The molecule has 100 valence electrons. The highest BCUT2D eigenvalue weighted by Crippen LogP contribution is 2.16. The molecule has 0 aliphatic rings. The fourth-order valence-electron chi connectivity index (χ4n) is 1.32. The topological polar surface area (TPSA) is 115 Å². The molecule has 0 spiro atoms. The first-order valence-corrected chi connectivity index (χ1v) is 7.22. The lowest BCUT2D eigenvalue weighted by atomic mass is 10.2. The first-order valence-electron chi connectivity index (χ1n) is 5.13. The van der Waals surface area contributed by atoms with Gasteiger partial charge in [-0.05, 0) is 24.6 Å². The SMILES string of the molecule is Nc1cc(Cl)cc(C(=O)NCCCS(N)(=O)=O)c1. The summed E-state index contributed by atoms with van der Waals surface area (Å²) in [6.07, 6.45) is 0.251. The van der Waals surface area contributed by atoms with Crippen LogP contribution in [0.25, 0.3) is 0 Å². The standard InChI is InChI=1S/C10H14ClN3O3S/c11-8-4-7(5-9(12)6-8)10(15)14-2-1-3-18(13,16)17/h4-6H,1-3,12H2,(H,14,15)(H2,13,16,17). The molecule has 0 heterocycles. The summed E-state index contributed by atoms with van der Waals surface area (Å²) < 4.78 is 21.3. The zero-order valence-corrected chi connectivity index (χ0v) is 11.1. The number of benzene rings is 1. The lowest BCUT2D eigenvalue weighted by Crippen LogP contribution is -2.27. The molecule has 0 aliphatic heterocycles. The predicted molar refractivity (Wildman–Crippen MR) is 70.8 cm³/mol. The Kier molecular flexibility index (Phi) is 4.94. The molecular formula is C10H14ClN3O3S. The van der Waals surface area contributed by atoms with Crippen LogP contribution < -0.4 is 16.2 Å². The molecule has 0 bridgehead atoms. The van der Waals surface area contributed by atoms with Crippen LogP contribution in [0.5, 0.6) is 0 Å². The van der Waals surface area contributed by atoms with Crippen molar-refractivity contribution in [2.45, 2.75) is 6.42 Å². The molecule has 1 aromatic rings. The number of nitrogens with one attached hydrogen (secondary N) is 1. The number of carbonyl (C=O) groups is 1. The van der Waals surface area contributed by atoms with Crippen molar-refractivity contribution >= 4 is 33.2 Å². The molecule has 1 amide bonds. The van der Waals surface area contributed by atoms with Crippen molar-refractivity contribution in [3.63, 3.8) is 0 Å². The fraction of sp³-hybridized carbons (Fsp3) is 0.300. The van der Waals surface area contributed by atoms with Crippen molar-refractivity contribution in [1.29, 1.82) is 0 Å². The molecule has 0 saturated carbocycles. The molecule has 6 nitrogen and oxygen atoms in total. The number of amides is 1. The number of nitrogens with two attached hydrogens (primary N) is 2. The Morgan fingerprint density at radius 1 is 1.33 bits per heavy atom. The van der Waals surface area contributed by atoms with Crippen LogP contribution in [0, 0.1) is 0 Å². The van der Waals surface area contributed by atoms with E-state index in [0.29, 0.717) is 16.3 Å². The highest BCUT2D eigenvalue weighted by molar-refractivity contribution is 7.89. The summed E-state index contributed by atoms with van der Waals surface area (Å²) in [5, 5.41) is 7.75. The van der Waals surface area contributed by atoms with Gasteiger partial charge in [-0.15, -0.1) is 0 Å². The second kappa shape index (κ2) is 6.03. The van der Waals surface area contributed by atoms with Crippen LogP contribution in [0.1, 0.15) is 16.8 Å². The van der Waals surface area contributed by atoms with E-state index in [1.54, 1.807) is 0 Å². The molecule has 0 atom stereocenters. The molecule has 0 fully saturated rings.